The fraction of sp³-hybridized carbons (Fsp3) is 0.0833. The highest BCUT2D eigenvalue weighted by molar-refractivity contribution is 8.01. The van der Waals surface area contributed by atoms with Crippen LogP contribution >= 0.6 is 23.5 Å². The van der Waals surface area contributed by atoms with Crippen molar-refractivity contribution in [3.05, 3.63) is 163 Å². The molecule has 0 fully saturated rings. The van der Waals surface area contributed by atoms with E-state index in [1.165, 1.54) is 96.5 Å². The largest absolute Gasteiger partial charge is 0.247 e. The van der Waals surface area contributed by atoms with Crippen molar-refractivity contribution in [1.82, 2.24) is 0 Å². The third-order valence-corrected chi connectivity index (χ3v) is 13.0. The second kappa shape index (κ2) is 11.8. The molecule has 0 spiro atoms. The highest BCUT2D eigenvalue weighted by atomic mass is 32.2. The molecule has 2 aliphatic heterocycles. The van der Waals surface area contributed by atoms with Crippen molar-refractivity contribution < 1.29 is 0 Å². The van der Waals surface area contributed by atoms with Crippen LogP contribution in [0, 0.1) is 0 Å². The maximum absolute atomic E-state index is 2.47. The highest BCUT2D eigenvalue weighted by Crippen LogP contribution is 2.46. The van der Waals surface area contributed by atoms with E-state index in [1.54, 1.807) is 0 Å². The number of hydrogen-bond acceptors (Lipinski definition) is 2. The smallest absolute Gasteiger partial charge is 0.0911 e. The van der Waals surface area contributed by atoms with Crippen LogP contribution in [0.3, 0.4) is 0 Å². The molecule has 8 aromatic carbocycles. The van der Waals surface area contributed by atoms with Gasteiger partial charge in [-0.15, -0.1) is 0 Å². The van der Waals surface area contributed by atoms with Gasteiger partial charge in [0.2, 0.25) is 6.71 Å². The summed E-state index contributed by atoms with van der Waals surface area (Å²) in [6.45, 7) is 7.28. The molecule has 0 atom stereocenters. The molecule has 2 aliphatic rings. The maximum Gasteiger partial charge on any atom is 0.247 e. The van der Waals surface area contributed by atoms with Crippen LogP contribution < -0.4 is 16.4 Å². The SMILES string of the molecule is CC(C)(C)c1cc(-c2cc3c4c(c2)Sc2ccccc2B4c2ccccc2S3)cc(-c2c3ccccc3c(-c3ccccc3)c3ccccc23)c1. The summed E-state index contributed by atoms with van der Waals surface area (Å²) in [4.78, 5) is 5.47. The summed E-state index contributed by atoms with van der Waals surface area (Å²) in [6, 6.07) is 59.2. The molecule has 0 saturated heterocycles. The number of fused-ring (bicyclic) bond motifs is 6. The van der Waals surface area contributed by atoms with Gasteiger partial charge >= 0.3 is 0 Å². The summed E-state index contributed by atoms with van der Waals surface area (Å²) in [7, 11) is 0. The third kappa shape index (κ3) is 5.01. The molecule has 8 aromatic rings. The molecular weight excluding hydrogens is 651 g/mol. The van der Waals surface area contributed by atoms with E-state index in [4.69, 9.17) is 0 Å². The van der Waals surface area contributed by atoms with Crippen LogP contribution in [0.5, 0.6) is 0 Å². The van der Waals surface area contributed by atoms with E-state index in [0.717, 1.165) is 0 Å². The Morgan fingerprint density at radius 3 is 1.35 bits per heavy atom. The summed E-state index contributed by atoms with van der Waals surface area (Å²) >= 11 is 3.87. The van der Waals surface area contributed by atoms with Crippen molar-refractivity contribution >= 4 is 68.2 Å². The molecule has 0 saturated carbocycles. The van der Waals surface area contributed by atoms with Crippen molar-refractivity contribution in [3.63, 3.8) is 0 Å². The minimum absolute atomic E-state index is 0.0324. The Labute approximate surface area is 309 Å². The van der Waals surface area contributed by atoms with Gasteiger partial charge < -0.3 is 0 Å². The second-order valence-corrected chi connectivity index (χ2v) is 17.0. The van der Waals surface area contributed by atoms with Gasteiger partial charge in [-0.2, -0.15) is 0 Å². The molecule has 0 bridgehead atoms. The molecule has 0 amide bonds. The topological polar surface area (TPSA) is 0 Å². The average molecular weight is 687 g/mol. The van der Waals surface area contributed by atoms with Gasteiger partial charge in [-0.1, -0.05) is 183 Å². The Morgan fingerprint density at radius 2 is 0.824 bits per heavy atom. The predicted octanol–water partition coefficient (Wildman–Crippen LogP) is 11.7. The van der Waals surface area contributed by atoms with Gasteiger partial charge in [0.15, 0.2) is 0 Å². The number of hydrogen-bond donors (Lipinski definition) is 0. The molecule has 242 valence electrons. The van der Waals surface area contributed by atoms with Gasteiger partial charge in [0.25, 0.3) is 0 Å². The van der Waals surface area contributed by atoms with E-state index in [2.05, 4.69) is 178 Å². The summed E-state index contributed by atoms with van der Waals surface area (Å²) < 4.78 is 0. The normalized spacial score (nSPS) is 13.2. The quantitative estimate of drug-likeness (QED) is 0.134. The lowest BCUT2D eigenvalue weighted by molar-refractivity contribution is 0.591. The predicted molar refractivity (Wildman–Crippen MR) is 222 cm³/mol. The Balaban J connectivity index is 1.23. The van der Waals surface area contributed by atoms with E-state index in [-0.39, 0.29) is 12.1 Å². The molecule has 3 heteroatoms. The van der Waals surface area contributed by atoms with Gasteiger partial charge in [0.05, 0.1) is 0 Å². The fourth-order valence-corrected chi connectivity index (χ4v) is 10.8. The monoisotopic (exact) mass is 686 g/mol. The molecular formula is C48H35BS2. The average Bonchev–Trinajstić information content (AvgIpc) is 3.16. The Morgan fingerprint density at radius 1 is 0.392 bits per heavy atom. The zero-order valence-electron chi connectivity index (χ0n) is 28.9. The van der Waals surface area contributed by atoms with Gasteiger partial charge in [0.1, 0.15) is 0 Å². The first-order valence-electron chi connectivity index (χ1n) is 17.8. The lowest BCUT2D eigenvalue weighted by Gasteiger charge is -2.33. The van der Waals surface area contributed by atoms with Crippen molar-refractivity contribution in [3.8, 4) is 33.4 Å². The van der Waals surface area contributed by atoms with Crippen molar-refractivity contribution in [1.29, 1.82) is 0 Å². The van der Waals surface area contributed by atoms with Crippen LogP contribution in [-0.4, -0.2) is 6.71 Å². The van der Waals surface area contributed by atoms with Crippen LogP contribution in [-0.2, 0) is 5.41 Å². The van der Waals surface area contributed by atoms with Crippen LogP contribution in [0.1, 0.15) is 26.3 Å². The lowest BCUT2D eigenvalue weighted by atomic mass is 9.36. The van der Waals surface area contributed by atoms with Crippen LogP contribution in [0.15, 0.2) is 177 Å². The van der Waals surface area contributed by atoms with E-state index in [0.29, 0.717) is 0 Å². The highest BCUT2D eigenvalue weighted by Gasteiger charge is 2.38. The van der Waals surface area contributed by atoms with Crippen LogP contribution in [0.25, 0.3) is 54.9 Å². The van der Waals surface area contributed by atoms with Gasteiger partial charge in [-0.25, -0.2) is 0 Å². The summed E-state index contributed by atoms with van der Waals surface area (Å²) in [5.41, 5.74) is 13.3. The molecule has 0 unspecified atom stereocenters. The van der Waals surface area contributed by atoms with E-state index in [1.807, 2.05) is 23.5 Å². The second-order valence-electron chi connectivity index (χ2n) is 14.9. The summed E-state index contributed by atoms with van der Waals surface area (Å²) in [5, 5.41) is 5.15. The summed E-state index contributed by atoms with van der Waals surface area (Å²) in [6.07, 6.45) is 0. The minimum atomic E-state index is -0.0324. The number of rotatable bonds is 3. The third-order valence-electron chi connectivity index (χ3n) is 10.7. The zero-order valence-corrected chi connectivity index (χ0v) is 30.5. The van der Waals surface area contributed by atoms with Crippen LogP contribution in [0.4, 0.5) is 0 Å². The first-order valence-corrected chi connectivity index (χ1v) is 19.4. The molecule has 0 nitrogen and oxygen atoms in total. The minimum Gasteiger partial charge on any atom is -0.0911 e. The molecule has 0 radical (unpaired) electrons. The first-order chi connectivity index (χ1) is 24.9. The zero-order chi connectivity index (χ0) is 34.3. The van der Waals surface area contributed by atoms with Gasteiger partial charge in [-0.3, -0.25) is 0 Å². The standard InChI is InChI=1S/C48H35BS2/c1-48(2,3)34-26-31(32-28-43-47-44(29-32)51-42-24-14-12-22-40(42)49(47)39-21-11-13-23-41(39)50-43)25-33(27-34)46-37-19-9-7-17-35(37)45(30-15-5-4-6-16-30)36-18-8-10-20-38(36)46/h4-29H,1-3H3. The van der Waals surface area contributed by atoms with Gasteiger partial charge in [-0.05, 0) is 102 Å². The van der Waals surface area contributed by atoms with E-state index in [9.17, 15) is 0 Å². The van der Waals surface area contributed by atoms with Crippen molar-refractivity contribution in [2.45, 2.75) is 45.8 Å². The van der Waals surface area contributed by atoms with Crippen molar-refractivity contribution in [2.24, 2.45) is 0 Å². The molecule has 10 rings (SSSR count). The number of benzene rings is 8. The Bertz CT molecular complexity index is 2560. The fourth-order valence-electron chi connectivity index (χ4n) is 8.29. The molecule has 0 N–H and O–H groups in total. The Kier molecular flexibility index (Phi) is 7.14. The summed E-state index contributed by atoms with van der Waals surface area (Å²) in [5.74, 6) is 0. The lowest BCUT2D eigenvalue weighted by Crippen LogP contribution is -2.57. The molecule has 0 aromatic heterocycles. The Hall–Kier alpha value is -4.96. The molecule has 51 heavy (non-hydrogen) atoms. The van der Waals surface area contributed by atoms with Crippen LogP contribution in [0.2, 0.25) is 0 Å². The molecule has 0 aliphatic carbocycles. The first kappa shape index (κ1) is 30.8. The van der Waals surface area contributed by atoms with Gasteiger partial charge in [0, 0.05) is 19.6 Å². The maximum atomic E-state index is 2.47. The molecule has 2 heterocycles. The van der Waals surface area contributed by atoms with Crippen molar-refractivity contribution in [2.75, 3.05) is 0 Å². The van der Waals surface area contributed by atoms with E-state index >= 15 is 0 Å². The van der Waals surface area contributed by atoms with E-state index < -0.39 is 0 Å².